The number of amides is 1. The molecular weight excluding hydrogens is 330 g/mol. The van der Waals surface area contributed by atoms with Crippen LogP contribution < -0.4 is 10.6 Å². The number of nitrogens with zero attached hydrogens (tertiary/aromatic N) is 3. The zero-order valence-corrected chi connectivity index (χ0v) is 16.4. The topological polar surface area (TPSA) is 69.2 Å². The lowest BCUT2D eigenvalue weighted by Crippen LogP contribution is -2.50. The third-order valence-corrected chi connectivity index (χ3v) is 5.58. The molecule has 0 bridgehead atoms. The SMILES string of the molecule is CN(C)C(=O)CN=C(NCC1CCCCO1)NC1CCN(C2CC2)CC1. The average Bonchev–Trinajstić information content (AvgIpc) is 3.50. The average molecular weight is 366 g/mol. The number of piperidine rings is 1. The molecule has 3 aliphatic rings. The number of ether oxygens (including phenoxy) is 1. The van der Waals surface area contributed by atoms with Crippen LogP contribution in [0.1, 0.15) is 44.9 Å². The van der Waals surface area contributed by atoms with Gasteiger partial charge in [0.25, 0.3) is 0 Å². The number of guanidine groups is 1. The Balaban J connectivity index is 1.49. The second-order valence-electron chi connectivity index (χ2n) is 8.01. The molecule has 26 heavy (non-hydrogen) atoms. The minimum absolute atomic E-state index is 0.0172. The Bertz CT molecular complexity index is 478. The van der Waals surface area contributed by atoms with E-state index < -0.39 is 0 Å². The number of nitrogens with one attached hydrogen (secondary N) is 2. The normalized spacial score (nSPS) is 25.8. The van der Waals surface area contributed by atoms with Crippen LogP contribution in [-0.4, -0.2) is 86.7 Å². The molecule has 7 heteroatoms. The molecule has 2 heterocycles. The Kier molecular flexibility index (Phi) is 7.14. The van der Waals surface area contributed by atoms with E-state index in [1.165, 1.54) is 19.3 Å². The van der Waals surface area contributed by atoms with Gasteiger partial charge < -0.3 is 25.2 Å². The third kappa shape index (κ3) is 6.13. The zero-order valence-electron chi connectivity index (χ0n) is 16.4. The van der Waals surface area contributed by atoms with Crippen molar-refractivity contribution >= 4 is 11.9 Å². The third-order valence-electron chi connectivity index (χ3n) is 5.58. The lowest BCUT2D eigenvalue weighted by atomic mass is 10.1. The molecule has 0 aromatic rings. The molecule has 1 unspecified atom stereocenters. The fraction of sp³-hybridized carbons (Fsp3) is 0.895. The number of likely N-dealkylation sites (tertiary alicyclic amines) is 1. The van der Waals surface area contributed by atoms with E-state index in [1.54, 1.807) is 19.0 Å². The van der Waals surface area contributed by atoms with Crippen LogP contribution in [0.2, 0.25) is 0 Å². The van der Waals surface area contributed by atoms with E-state index in [1.807, 2.05) is 0 Å². The summed E-state index contributed by atoms with van der Waals surface area (Å²) >= 11 is 0. The summed E-state index contributed by atoms with van der Waals surface area (Å²) < 4.78 is 5.80. The highest BCUT2D eigenvalue weighted by Gasteiger charge is 2.32. The van der Waals surface area contributed by atoms with Crippen LogP contribution in [0.15, 0.2) is 4.99 Å². The number of carbonyl (C=O) groups excluding carboxylic acids is 1. The molecule has 2 aliphatic heterocycles. The Labute approximate surface area is 157 Å². The summed E-state index contributed by atoms with van der Waals surface area (Å²) in [5, 5.41) is 6.96. The Morgan fingerprint density at radius 1 is 1.15 bits per heavy atom. The quantitative estimate of drug-likeness (QED) is 0.538. The van der Waals surface area contributed by atoms with Crippen molar-refractivity contribution in [3.05, 3.63) is 0 Å². The van der Waals surface area contributed by atoms with Crippen LogP contribution in [0.5, 0.6) is 0 Å². The molecule has 0 spiro atoms. The van der Waals surface area contributed by atoms with Gasteiger partial charge >= 0.3 is 0 Å². The fourth-order valence-electron chi connectivity index (χ4n) is 3.66. The van der Waals surface area contributed by atoms with Crippen LogP contribution in [0, 0.1) is 0 Å². The number of likely N-dealkylation sites (N-methyl/N-ethyl adjacent to an activating group) is 1. The maximum Gasteiger partial charge on any atom is 0.243 e. The highest BCUT2D eigenvalue weighted by molar-refractivity contribution is 5.84. The molecule has 3 fully saturated rings. The minimum Gasteiger partial charge on any atom is -0.376 e. The van der Waals surface area contributed by atoms with Gasteiger partial charge in [0.2, 0.25) is 5.91 Å². The van der Waals surface area contributed by atoms with Crippen molar-refractivity contribution < 1.29 is 9.53 Å². The highest BCUT2D eigenvalue weighted by atomic mass is 16.5. The predicted octanol–water partition coefficient (Wildman–Crippen LogP) is 0.806. The Morgan fingerprint density at radius 3 is 2.54 bits per heavy atom. The van der Waals surface area contributed by atoms with Crippen LogP contribution in [0.3, 0.4) is 0 Å². The molecule has 0 aromatic carbocycles. The summed E-state index contributed by atoms with van der Waals surface area (Å²) in [6.45, 7) is 4.11. The van der Waals surface area contributed by atoms with Gasteiger partial charge in [-0.2, -0.15) is 0 Å². The standard InChI is InChI=1S/C19H35N5O2/c1-23(2)18(25)14-21-19(20-13-17-5-3-4-12-26-17)22-15-8-10-24(11-9-15)16-6-7-16/h15-17H,3-14H2,1-2H3,(H2,20,21,22). The van der Waals surface area contributed by atoms with Crippen LogP contribution in [-0.2, 0) is 9.53 Å². The van der Waals surface area contributed by atoms with Gasteiger partial charge in [0, 0.05) is 52.4 Å². The van der Waals surface area contributed by atoms with Crippen LogP contribution >= 0.6 is 0 Å². The maximum atomic E-state index is 11.9. The predicted molar refractivity (Wildman–Crippen MR) is 103 cm³/mol. The van der Waals surface area contributed by atoms with E-state index in [0.717, 1.165) is 63.9 Å². The van der Waals surface area contributed by atoms with E-state index in [-0.39, 0.29) is 18.6 Å². The smallest absolute Gasteiger partial charge is 0.243 e. The second kappa shape index (κ2) is 9.55. The number of hydrogen-bond acceptors (Lipinski definition) is 4. The van der Waals surface area contributed by atoms with Gasteiger partial charge in [0.05, 0.1) is 6.10 Å². The van der Waals surface area contributed by atoms with E-state index in [4.69, 9.17) is 4.74 Å². The van der Waals surface area contributed by atoms with Gasteiger partial charge in [0.15, 0.2) is 5.96 Å². The number of carbonyl (C=O) groups is 1. The summed E-state index contributed by atoms with van der Waals surface area (Å²) in [6, 6.07) is 1.28. The molecule has 3 rings (SSSR count). The maximum absolute atomic E-state index is 11.9. The first-order chi connectivity index (χ1) is 12.6. The van der Waals surface area contributed by atoms with Gasteiger partial charge in [-0.15, -0.1) is 0 Å². The molecule has 148 valence electrons. The van der Waals surface area contributed by atoms with Gasteiger partial charge in [-0.1, -0.05) is 0 Å². The first-order valence-corrected chi connectivity index (χ1v) is 10.2. The first-order valence-electron chi connectivity index (χ1n) is 10.2. The van der Waals surface area contributed by atoms with Crippen molar-refractivity contribution in [3.63, 3.8) is 0 Å². The summed E-state index contributed by atoms with van der Waals surface area (Å²) in [7, 11) is 3.53. The van der Waals surface area contributed by atoms with Crippen molar-refractivity contribution in [1.82, 2.24) is 20.4 Å². The molecule has 1 amide bonds. The molecule has 1 atom stereocenters. The number of hydrogen-bond donors (Lipinski definition) is 2. The van der Waals surface area contributed by atoms with E-state index >= 15 is 0 Å². The molecule has 1 aliphatic carbocycles. The molecule has 0 aromatic heterocycles. The lowest BCUT2D eigenvalue weighted by Gasteiger charge is -2.33. The summed E-state index contributed by atoms with van der Waals surface area (Å²) in [5.74, 6) is 0.766. The number of aliphatic imine (C=N–C) groups is 1. The van der Waals surface area contributed by atoms with Crippen molar-refractivity contribution in [2.75, 3.05) is 46.9 Å². The minimum atomic E-state index is 0.0172. The zero-order chi connectivity index (χ0) is 18.4. The second-order valence-corrected chi connectivity index (χ2v) is 8.01. The van der Waals surface area contributed by atoms with Crippen LogP contribution in [0.4, 0.5) is 0 Å². The molecule has 7 nitrogen and oxygen atoms in total. The van der Waals surface area contributed by atoms with Gasteiger partial charge in [-0.05, 0) is 44.9 Å². The monoisotopic (exact) mass is 365 g/mol. The van der Waals surface area contributed by atoms with Crippen LogP contribution in [0.25, 0.3) is 0 Å². The van der Waals surface area contributed by atoms with E-state index in [9.17, 15) is 4.79 Å². The molecule has 0 radical (unpaired) electrons. The number of rotatable bonds is 6. The van der Waals surface area contributed by atoms with E-state index in [2.05, 4.69) is 20.5 Å². The lowest BCUT2D eigenvalue weighted by molar-refractivity contribution is -0.127. The van der Waals surface area contributed by atoms with Crippen molar-refractivity contribution in [2.45, 2.75) is 63.1 Å². The summed E-state index contributed by atoms with van der Waals surface area (Å²) in [6.07, 6.45) is 8.75. The van der Waals surface area contributed by atoms with Crippen molar-refractivity contribution in [1.29, 1.82) is 0 Å². The van der Waals surface area contributed by atoms with Crippen molar-refractivity contribution in [3.8, 4) is 0 Å². The van der Waals surface area contributed by atoms with Gasteiger partial charge in [-0.3, -0.25) is 4.79 Å². The van der Waals surface area contributed by atoms with Crippen molar-refractivity contribution in [2.24, 2.45) is 4.99 Å². The molecule has 2 N–H and O–H groups in total. The summed E-state index contributed by atoms with van der Waals surface area (Å²) in [4.78, 5) is 20.6. The Hall–Kier alpha value is -1.34. The summed E-state index contributed by atoms with van der Waals surface area (Å²) in [5.41, 5.74) is 0. The van der Waals surface area contributed by atoms with E-state index in [0.29, 0.717) is 6.04 Å². The fourth-order valence-corrected chi connectivity index (χ4v) is 3.66. The molecule has 1 saturated carbocycles. The highest BCUT2D eigenvalue weighted by Crippen LogP contribution is 2.29. The first kappa shape index (κ1) is 19.4. The molecular formula is C19H35N5O2. The molecule has 2 saturated heterocycles. The largest absolute Gasteiger partial charge is 0.376 e. The Morgan fingerprint density at radius 2 is 1.92 bits per heavy atom. The van der Waals surface area contributed by atoms with Gasteiger partial charge in [0.1, 0.15) is 6.54 Å². The van der Waals surface area contributed by atoms with Gasteiger partial charge in [-0.25, -0.2) is 4.99 Å².